The number of aliphatic hydroxyl groups is 1. The Morgan fingerprint density at radius 1 is 1.07 bits per heavy atom. The second-order valence-corrected chi connectivity index (χ2v) is 13.4. The highest BCUT2D eigenvalue weighted by Crippen LogP contribution is 2.53. The largest absolute Gasteiger partial charge is 0.445 e. The van der Waals surface area contributed by atoms with Gasteiger partial charge in [0.25, 0.3) is 0 Å². The number of nitrogens with one attached hydrogen (secondary N) is 1. The van der Waals surface area contributed by atoms with Gasteiger partial charge in [-0.3, -0.25) is 4.90 Å². The number of carbonyl (C=O) groups is 1. The maximum Gasteiger partial charge on any atom is 0.407 e. The molecule has 41 heavy (non-hydrogen) atoms. The zero-order valence-corrected chi connectivity index (χ0v) is 25.0. The third-order valence-electron chi connectivity index (χ3n) is 9.08. The lowest BCUT2D eigenvalue weighted by atomic mass is 9.65. The molecular formula is C34H46N2O5. The molecule has 7 heteroatoms. The molecule has 0 aromatic heterocycles. The average Bonchev–Trinajstić information content (AvgIpc) is 3.19. The fourth-order valence-electron chi connectivity index (χ4n) is 7.50. The van der Waals surface area contributed by atoms with Gasteiger partial charge in [0.1, 0.15) is 6.61 Å². The number of aliphatic hydroxyl groups excluding tert-OH is 1. The Labute approximate surface area is 244 Å². The number of rotatable bonds is 9. The van der Waals surface area contributed by atoms with Crippen molar-refractivity contribution in [3.05, 3.63) is 83.4 Å². The first kappa shape index (κ1) is 29.8. The van der Waals surface area contributed by atoms with E-state index in [1.165, 1.54) is 25.3 Å². The normalized spacial score (nSPS) is 31.0. The number of carbonyl (C=O) groups excluding carboxylic acids is 1. The fourth-order valence-corrected chi connectivity index (χ4v) is 7.50. The summed E-state index contributed by atoms with van der Waals surface area (Å²) in [5.74, 6) is 0.151. The van der Waals surface area contributed by atoms with Crippen LogP contribution in [0.4, 0.5) is 4.79 Å². The maximum absolute atomic E-state index is 11.8. The zero-order chi connectivity index (χ0) is 29.2. The topological polar surface area (TPSA) is 80.3 Å². The van der Waals surface area contributed by atoms with Crippen LogP contribution in [0.3, 0.4) is 0 Å². The standard InChI is InChI=1S/C34H46N2O5/c1-6-15-39-32(38)35-18-24-7-13-27(14-8-24)31-40-29(19-36-22-34(5)17-28(36)16-33(3,4)21-34)23(2)30(41-31)26-11-9-25(20-37)10-12-26/h6-14,23,28-31,37H,1,15-22H2,2-5H3,(H,35,38). The molecule has 1 saturated carbocycles. The summed E-state index contributed by atoms with van der Waals surface area (Å²) >= 11 is 0. The van der Waals surface area contributed by atoms with E-state index in [0.29, 0.717) is 23.4 Å². The van der Waals surface area contributed by atoms with Crippen LogP contribution < -0.4 is 5.32 Å². The summed E-state index contributed by atoms with van der Waals surface area (Å²) in [6.45, 7) is 15.7. The minimum Gasteiger partial charge on any atom is -0.445 e. The summed E-state index contributed by atoms with van der Waals surface area (Å²) in [6, 6.07) is 16.7. The van der Waals surface area contributed by atoms with E-state index in [4.69, 9.17) is 14.2 Å². The lowest BCUT2D eigenvalue weighted by Gasteiger charge is -2.43. The minimum absolute atomic E-state index is 0.00306. The van der Waals surface area contributed by atoms with Crippen LogP contribution in [0.2, 0.25) is 0 Å². The molecular weight excluding hydrogens is 516 g/mol. The molecule has 3 fully saturated rings. The van der Waals surface area contributed by atoms with Crippen LogP contribution in [0.5, 0.6) is 0 Å². The van der Waals surface area contributed by atoms with Crippen LogP contribution >= 0.6 is 0 Å². The molecule has 1 aliphatic carbocycles. The van der Waals surface area contributed by atoms with Crippen molar-refractivity contribution in [2.75, 3.05) is 19.7 Å². The van der Waals surface area contributed by atoms with E-state index >= 15 is 0 Å². The fraction of sp³-hybridized carbons (Fsp3) is 0.559. The van der Waals surface area contributed by atoms with Gasteiger partial charge in [-0.1, -0.05) is 88.9 Å². The van der Waals surface area contributed by atoms with E-state index in [1.807, 2.05) is 36.4 Å². The summed E-state index contributed by atoms with van der Waals surface area (Å²) in [4.78, 5) is 14.5. The maximum atomic E-state index is 11.8. The predicted molar refractivity (Wildman–Crippen MR) is 159 cm³/mol. The van der Waals surface area contributed by atoms with Crippen LogP contribution in [0.15, 0.2) is 61.2 Å². The van der Waals surface area contributed by atoms with Gasteiger partial charge < -0.3 is 24.6 Å². The minimum atomic E-state index is -0.507. The molecule has 2 aliphatic heterocycles. The van der Waals surface area contributed by atoms with E-state index in [2.05, 4.69) is 56.6 Å². The highest BCUT2D eigenvalue weighted by atomic mass is 16.7. The van der Waals surface area contributed by atoms with E-state index in [1.54, 1.807) is 0 Å². The Kier molecular flexibility index (Phi) is 8.90. The van der Waals surface area contributed by atoms with E-state index in [-0.39, 0.29) is 31.3 Å². The Hall–Kier alpha value is -2.71. The van der Waals surface area contributed by atoms with Crippen LogP contribution in [0, 0.1) is 16.7 Å². The molecule has 6 atom stereocenters. The molecule has 2 aromatic carbocycles. The van der Waals surface area contributed by atoms with Crippen molar-refractivity contribution in [2.45, 2.75) is 84.6 Å². The number of amides is 1. The Balaban J connectivity index is 1.33. The average molecular weight is 563 g/mol. The number of fused-ring (bicyclic) bond motifs is 2. The van der Waals surface area contributed by atoms with E-state index in [0.717, 1.165) is 35.3 Å². The lowest BCUT2D eigenvalue weighted by molar-refractivity contribution is -0.276. The number of nitrogens with zero attached hydrogens (tertiary/aromatic N) is 1. The second-order valence-electron chi connectivity index (χ2n) is 13.4. The van der Waals surface area contributed by atoms with Crippen molar-refractivity contribution in [2.24, 2.45) is 16.7 Å². The van der Waals surface area contributed by atoms with Crippen molar-refractivity contribution in [3.8, 4) is 0 Å². The molecule has 2 aromatic rings. The molecule has 222 valence electrons. The summed E-state index contributed by atoms with van der Waals surface area (Å²) in [5.41, 5.74) is 4.63. The van der Waals surface area contributed by atoms with Gasteiger partial charge in [0.05, 0.1) is 18.8 Å². The SMILES string of the molecule is C=CCOC(=O)NCc1ccc(C2OC(CN3CC4(C)CC3CC(C)(C)C4)C(C)C(c3ccc(CO)cc3)O2)cc1. The van der Waals surface area contributed by atoms with Gasteiger partial charge in [-0.15, -0.1) is 0 Å². The van der Waals surface area contributed by atoms with E-state index < -0.39 is 12.4 Å². The third-order valence-corrected chi connectivity index (χ3v) is 9.08. The summed E-state index contributed by atoms with van der Waals surface area (Å²) < 4.78 is 18.4. The molecule has 6 unspecified atom stereocenters. The predicted octanol–water partition coefficient (Wildman–Crippen LogP) is 6.28. The summed E-state index contributed by atoms with van der Waals surface area (Å²) in [5, 5.41) is 12.3. The number of hydrogen-bond acceptors (Lipinski definition) is 6. The van der Waals surface area contributed by atoms with Crippen molar-refractivity contribution >= 4 is 6.09 Å². The lowest BCUT2D eigenvalue weighted by Crippen LogP contribution is -2.46. The Morgan fingerprint density at radius 2 is 1.76 bits per heavy atom. The molecule has 5 rings (SSSR count). The molecule has 0 radical (unpaired) electrons. The van der Waals surface area contributed by atoms with Crippen LogP contribution in [0.25, 0.3) is 0 Å². The summed E-state index contributed by atoms with van der Waals surface area (Å²) in [6.07, 6.45) is 4.19. The molecule has 1 amide bonds. The van der Waals surface area contributed by atoms with Crippen molar-refractivity contribution in [1.29, 1.82) is 0 Å². The third kappa shape index (κ3) is 7.03. The van der Waals surface area contributed by atoms with Gasteiger partial charge in [-0.25, -0.2) is 4.79 Å². The van der Waals surface area contributed by atoms with Gasteiger partial charge in [-0.2, -0.15) is 0 Å². The van der Waals surface area contributed by atoms with Gasteiger partial charge in [-0.05, 0) is 46.8 Å². The molecule has 2 N–H and O–H groups in total. The smallest absolute Gasteiger partial charge is 0.407 e. The van der Waals surface area contributed by atoms with Gasteiger partial charge in [0.2, 0.25) is 0 Å². The van der Waals surface area contributed by atoms with Crippen molar-refractivity contribution in [3.63, 3.8) is 0 Å². The quantitative estimate of drug-likeness (QED) is 0.350. The van der Waals surface area contributed by atoms with Gasteiger partial charge in [0, 0.05) is 37.2 Å². The number of ether oxygens (including phenoxy) is 3. The molecule has 2 heterocycles. The monoisotopic (exact) mass is 562 g/mol. The first-order chi connectivity index (χ1) is 19.6. The van der Waals surface area contributed by atoms with Crippen molar-refractivity contribution in [1.82, 2.24) is 10.2 Å². The number of alkyl carbamates (subject to hydrolysis) is 1. The Bertz CT molecular complexity index is 1200. The molecule has 0 spiro atoms. The van der Waals surface area contributed by atoms with Crippen LogP contribution in [-0.4, -0.2) is 47.9 Å². The molecule has 2 saturated heterocycles. The van der Waals surface area contributed by atoms with Crippen LogP contribution in [-0.2, 0) is 27.4 Å². The van der Waals surface area contributed by atoms with Gasteiger partial charge in [0.15, 0.2) is 6.29 Å². The summed E-state index contributed by atoms with van der Waals surface area (Å²) in [7, 11) is 0. The van der Waals surface area contributed by atoms with Crippen LogP contribution in [0.1, 0.15) is 81.6 Å². The highest BCUT2D eigenvalue weighted by molar-refractivity contribution is 5.67. The number of likely N-dealkylation sites (tertiary alicyclic amines) is 1. The number of hydrogen-bond donors (Lipinski definition) is 2. The van der Waals surface area contributed by atoms with E-state index in [9.17, 15) is 9.90 Å². The molecule has 3 aliphatic rings. The zero-order valence-electron chi connectivity index (χ0n) is 25.0. The van der Waals surface area contributed by atoms with Gasteiger partial charge >= 0.3 is 6.09 Å². The first-order valence-electron chi connectivity index (χ1n) is 14.9. The van der Waals surface area contributed by atoms with Crippen molar-refractivity contribution < 1.29 is 24.1 Å². The second kappa shape index (κ2) is 12.3. The Morgan fingerprint density at radius 3 is 2.44 bits per heavy atom. The number of benzene rings is 2. The molecule has 7 nitrogen and oxygen atoms in total. The first-order valence-corrected chi connectivity index (χ1v) is 14.9. The molecule has 2 bridgehead atoms. The highest BCUT2D eigenvalue weighted by Gasteiger charge is 2.51.